The number of hydrogen-bond acceptors (Lipinski definition) is 6. The highest BCUT2D eigenvalue weighted by atomic mass is 79.9. The Morgan fingerprint density at radius 3 is 1.42 bits per heavy atom. The summed E-state index contributed by atoms with van der Waals surface area (Å²) in [4.78, 5) is 25.5. The zero-order valence-electron chi connectivity index (χ0n) is 18.3. The second kappa shape index (κ2) is 9.56. The Morgan fingerprint density at radius 1 is 0.639 bits per heavy atom. The normalized spacial score (nSPS) is 10.9. The number of fused-ring (bicyclic) bond motifs is 2. The molecule has 36 heavy (non-hydrogen) atoms. The minimum atomic E-state index is -0.495. The lowest BCUT2D eigenvalue weighted by Crippen LogP contribution is -2.21. The summed E-state index contributed by atoms with van der Waals surface area (Å²) in [6.45, 7) is 0. The molecule has 0 bridgehead atoms. The van der Waals surface area contributed by atoms with E-state index in [1.807, 2.05) is 12.1 Å². The summed E-state index contributed by atoms with van der Waals surface area (Å²) in [7, 11) is 0. The van der Waals surface area contributed by atoms with Crippen LogP contribution in [0.3, 0.4) is 0 Å². The van der Waals surface area contributed by atoms with Gasteiger partial charge in [0.15, 0.2) is 11.2 Å². The molecule has 5 rings (SSSR count). The smallest absolute Gasteiger partial charge is 0.261 e. The Labute approximate surface area is 220 Å². The van der Waals surface area contributed by atoms with Crippen LogP contribution in [0, 0.1) is 10.8 Å². The maximum absolute atomic E-state index is 12.8. The first kappa shape index (κ1) is 23.7. The monoisotopic (exact) mass is 606 g/mol. The highest BCUT2D eigenvalue weighted by molar-refractivity contribution is 9.11. The Morgan fingerprint density at radius 2 is 1.03 bits per heavy atom. The molecule has 0 aliphatic carbocycles. The van der Waals surface area contributed by atoms with Gasteiger partial charge in [-0.15, -0.1) is 0 Å². The third kappa shape index (κ3) is 4.60. The fourth-order valence-corrected chi connectivity index (χ4v) is 4.55. The third-order valence-electron chi connectivity index (χ3n) is 5.38. The summed E-state index contributed by atoms with van der Waals surface area (Å²) >= 11 is 6.75. The van der Waals surface area contributed by atoms with Gasteiger partial charge in [0, 0.05) is 22.1 Å². The molecule has 0 aliphatic heterocycles. The fraction of sp³-hybridized carbons (Fsp3) is 0. The molecule has 0 saturated carbocycles. The molecule has 2 heterocycles. The van der Waals surface area contributed by atoms with E-state index in [1.54, 1.807) is 60.7 Å². The van der Waals surface area contributed by atoms with Crippen molar-refractivity contribution in [3.8, 4) is 0 Å². The zero-order chi connectivity index (χ0) is 25.4. The van der Waals surface area contributed by atoms with E-state index in [-0.39, 0.29) is 22.2 Å². The molecule has 0 saturated heterocycles. The number of rotatable bonds is 4. The lowest BCUT2D eigenvalue weighted by atomic mass is 10.1. The van der Waals surface area contributed by atoms with Crippen LogP contribution in [-0.2, 0) is 0 Å². The van der Waals surface area contributed by atoms with E-state index in [0.717, 1.165) is 0 Å². The molecule has 8 nitrogen and oxygen atoms in total. The van der Waals surface area contributed by atoms with Gasteiger partial charge in [0.1, 0.15) is 11.1 Å². The number of amides is 2. The Balaban J connectivity index is 1.32. The average molecular weight is 608 g/mol. The van der Waals surface area contributed by atoms with Crippen molar-refractivity contribution < 1.29 is 18.4 Å². The average Bonchev–Trinajstić information content (AvgIpc) is 2.85. The number of carbonyl (C=O) groups excluding carboxylic acids is 2. The molecule has 0 unspecified atom stereocenters. The van der Waals surface area contributed by atoms with Gasteiger partial charge in [-0.1, -0.05) is 24.3 Å². The number of para-hydroxylation sites is 2. The van der Waals surface area contributed by atoms with Crippen LogP contribution in [0.2, 0.25) is 0 Å². The van der Waals surface area contributed by atoms with E-state index >= 15 is 0 Å². The van der Waals surface area contributed by atoms with Crippen LogP contribution in [0.1, 0.15) is 20.7 Å². The standard InChI is InChI=1S/C26H16Br2N4O4/c27-19-5-1-3-13-11-17(23(29)35-21(13)19)25(33)31-15-7-9-16(10-8-15)32-26(34)18-12-14-4-2-6-20(28)22(14)36-24(18)30/h1-12,29-30H,(H,31,33)(H,32,34). The Kier molecular flexibility index (Phi) is 6.29. The maximum atomic E-state index is 12.8. The molecule has 0 atom stereocenters. The summed E-state index contributed by atoms with van der Waals surface area (Å²) in [5.74, 6) is -0.990. The molecule has 0 radical (unpaired) electrons. The Hall–Kier alpha value is -4.02. The van der Waals surface area contributed by atoms with Crippen LogP contribution in [0.5, 0.6) is 0 Å². The van der Waals surface area contributed by atoms with Gasteiger partial charge >= 0.3 is 0 Å². The van der Waals surface area contributed by atoms with E-state index in [2.05, 4.69) is 42.5 Å². The van der Waals surface area contributed by atoms with Crippen LogP contribution in [0.15, 0.2) is 90.6 Å². The van der Waals surface area contributed by atoms with E-state index in [4.69, 9.17) is 19.7 Å². The van der Waals surface area contributed by atoms with Gasteiger partial charge in [-0.2, -0.15) is 0 Å². The molecule has 0 spiro atoms. The Bertz CT molecular complexity index is 1660. The summed E-state index contributed by atoms with van der Waals surface area (Å²) in [6.07, 6.45) is 0. The first-order chi connectivity index (χ1) is 17.3. The second-order valence-corrected chi connectivity index (χ2v) is 9.49. The van der Waals surface area contributed by atoms with Crippen LogP contribution in [0.25, 0.3) is 21.9 Å². The number of anilines is 2. The van der Waals surface area contributed by atoms with Crippen molar-refractivity contribution in [1.29, 1.82) is 10.8 Å². The molecular weight excluding hydrogens is 592 g/mol. The van der Waals surface area contributed by atoms with Gasteiger partial charge in [-0.25, -0.2) is 0 Å². The molecule has 4 N–H and O–H groups in total. The van der Waals surface area contributed by atoms with Gasteiger partial charge in [-0.3, -0.25) is 20.4 Å². The molecule has 2 aromatic heterocycles. The quantitative estimate of drug-likeness (QED) is 0.194. The van der Waals surface area contributed by atoms with Crippen LogP contribution >= 0.6 is 31.9 Å². The molecule has 0 aliphatic rings. The molecule has 0 fully saturated rings. The second-order valence-electron chi connectivity index (χ2n) is 7.78. The number of halogens is 2. The van der Waals surface area contributed by atoms with Crippen LogP contribution < -0.4 is 21.7 Å². The summed E-state index contributed by atoms with van der Waals surface area (Å²) < 4.78 is 12.4. The SMILES string of the molecule is N=c1oc2c(Br)cccc2cc1C(=O)Nc1ccc(NC(=O)c2cc3cccc(Br)c3oc2=N)cc1. The number of hydrogen-bond donors (Lipinski definition) is 4. The first-order valence-electron chi connectivity index (χ1n) is 10.6. The van der Waals surface area contributed by atoms with Crippen molar-refractivity contribution in [2.75, 3.05) is 10.6 Å². The van der Waals surface area contributed by atoms with Crippen LogP contribution in [0.4, 0.5) is 11.4 Å². The van der Waals surface area contributed by atoms with E-state index < -0.39 is 11.8 Å². The molecular formula is C26H16Br2N4O4. The minimum Gasteiger partial charge on any atom is -0.437 e. The lowest BCUT2D eigenvalue weighted by molar-refractivity contribution is 0.101. The third-order valence-corrected chi connectivity index (χ3v) is 6.63. The van der Waals surface area contributed by atoms with Crippen LogP contribution in [-0.4, -0.2) is 11.8 Å². The van der Waals surface area contributed by atoms with Gasteiger partial charge < -0.3 is 19.5 Å². The van der Waals surface area contributed by atoms with Crippen molar-refractivity contribution in [3.05, 3.63) is 104 Å². The maximum Gasteiger partial charge on any atom is 0.261 e. The van der Waals surface area contributed by atoms with Gasteiger partial charge in [0.05, 0.1) is 8.95 Å². The topological polar surface area (TPSA) is 132 Å². The lowest BCUT2D eigenvalue weighted by Gasteiger charge is -2.09. The summed E-state index contributed by atoms with van der Waals surface area (Å²) in [5.41, 5.74) is 1.59. The van der Waals surface area contributed by atoms with Gasteiger partial charge in [0.25, 0.3) is 11.8 Å². The molecule has 2 amide bonds. The number of nitrogens with one attached hydrogen (secondary N) is 4. The predicted molar refractivity (Wildman–Crippen MR) is 142 cm³/mol. The van der Waals surface area contributed by atoms with Crippen molar-refractivity contribution in [1.82, 2.24) is 0 Å². The molecule has 5 aromatic rings. The van der Waals surface area contributed by atoms with E-state index in [1.165, 1.54) is 0 Å². The van der Waals surface area contributed by atoms with Crippen molar-refractivity contribution in [2.45, 2.75) is 0 Å². The number of benzene rings is 3. The zero-order valence-corrected chi connectivity index (χ0v) is 21.5. The highest BCUT2D eigenvalue weighted by Crippen LogP contribution is 2.24. The largest absolute Gasteiger partial charge is 0.437 e. The molecule has 3 aromatic carbocycles. The molecule has 178 valence electrons. The number of carbonyl (C=O) groups is 2. The molecule has 10 heteroatoms. The summed E-state index contributed by atoms with van der Waals surface area (Å²) in [6, 6.07) is 20.5. The van der Waals surface area contributed by atoms with Crippen molar-refractivity contribution >= 4 is 77.0 Å². The predicted octanol–water partition coefficient (Wildman–Crippen LogP) is 6.17. The summed E-state index contributed by atoms with van der Waals surface area (Å²) in [5, 5.41) is 23.0. The van der Waals surface area contributed by atoms with Crippen molar-refractivity contribution in [2.24, 2.45) is 0 Å². The van der Waals surface area contributed by atoms with Crippen molar-refractivity contribution in [3.63, 3.8) is 0 Å². The van der Waals surface area contributed by atoms with E-state index in [0.29, 0.717) is 42.3 Å². The minimum absolute atomic E-state index is 0.0904. The first-order valence-corrected chi connectivity index (χ1v) is 12.2. The van der Waals surface area contributed by atoms with Gasteiger partial charge in [-0.05, 0) is 80.4 Å². The highest BCUT2D eigenvalue weighted by Gasteiger charge is 2.15. The van der Waals surface area contributed by atoms with E-state index in [9.17, 15) is 9.59 Å². The fourth-order valence-electron chi connectivity index (χ4n) is 3.62. The van der Waals surface area contributed by atoms with Gasteiger partial charge in [0.2, 0.25) is 11.1 Å².